The van der Waals surface area contributed by atoms with Gasteiger partial charge < -0.3 is 4.74 Å². The summed E-state index contributed by atoms with van der Waals surface area (Å²) in [7, 11) is 0. The van der Waals surface area contributed by atoms with E-state index in [4.69, 9.17) is 4.74 Å². The third kappa shape index (κ3) is 5.36. The van der Waals surface area contributed by atoms with Crippen molar-refractivity contribution in [3.05, 3.63) is 81.6 Å². The number of hydrogen-bond acceptors (Lipinski definition) is 1. The first-order valence-electron chi connectivity index (χ1n) is 7.44. The normalized spacial score (nSPS) is 11.3. The lowest BCUT2D eigenvalue weighted by molar-refractivity contribution is 0.305. The summed E-state index contributed by atoms with van der Waals surface area (Å²) < 4.78 is 19.9. The zero-order valence-electron chi connectivity index (χ0n) is 13.6. The van der Waals surface area contributed by atoms with Gasteiger partial charge in [0.1, 0.15) is 18.2 Å². The van der Waals surface area contributed by atoms with E-state index in [1.165, 1.54) is 17.7 Å². The fraction of sp³-hybridized carbons (Fsp3) is 0.200. The molecule has 3 heteroatoms. The third-order valence-corrected chi connectivity index (χ3v) is 3.83. The van der Waals surface area contributed by atoms with Gasteiger partial charge >= 0.3 is 0 Å². The van der Waals surface area contributed by atoms with E-state index in [0.717, 1.165) is 26.9 Å². The second-order valence-corrected chi connectivity index (χ2v) is 6.56. The Morgan fingerprint density at radius 3 is 2.39 bits per heavy atom. The lowest BCUT2D eigenvalue weighted by Crippen LogP contribution is -1.98. The Hall–Kier alpha value is -1.87. The Kier molecular flexibility index (Phi) is 6.17. The van der Waals surface area contributed by atoms with Crippen molar-refractivity contribution in [1.82, 2.24) is 0 Å². The second kappa shape index (κ2) is 8.11. The molecule has 0 aliphatic rings. The van der Waals surface area contributed by atoms with Crippen molar-refractivity contribution in [3.8, 4) is 5.75 Å². The summed E-state index contributed by atoms with van der Waals surface area (Å²) in [6.45, 7) is 6.60. The van der Waals surface area contributed by atoms with Crippen LogP contribution in [0.15, 0.2) is 64.7 Å². The maximum Gasteiger partial charge on any atom is 0.127 e. The van der Waals surface area contributed by atoms with Gasteiger partial charge in [0, 0.05) is 10.0 Å². The minimum absolute atomic E-state index is 0.237. The van der Waals surface area contributed by atoms with Crippen molar-refractivity contribution in [2.75, 3.05) is 0 Å². The van der Waals surface area contributed by atoms with Gasteiger partial charge in [0.15, 0.2) is 0 Å². The number of hydrogen-bond donors (Lipinski definition) is 0. The predicted octanol–water partition coefficient (Wildman–Crippen LogP) is 6.54. The van der Waals surface area contributed by atoms with Crippen LogP contribution in [0.1, 0.15) is 31.9 Å². The zero-order valence-corrected chi connectivity index (χ0v) is 15.2. The van der Waals surface area contributed by atoms with E-state index in [1.54, 1.807) is 12.1 Å². The molecule has 2 aromatic carbocycles. The quantitative estimate of drug-likeness (QED) is 0.540. The molecule has 0 spiro atoms. The number of halogens is 2. The molecule has 0 heterocycles. The summed E-state index contributed by atoms with van der Waals surface area (Å²) in [5.41, 5.74) is 4.35. The summed E-state index contributed by atoms with van der Waals surface area (Å²) in [4.78, 5) is 0. The number of rotatable bonds is 5. The van der Waals surface area contributed by atoms with Gasteiger partial charge in [-0.15, -0.1) is 0 Å². The van der Waals surface area contributed by atoms with Gasteiger partial charge in [-0.25, -0.2) is 4.39 Å². The van der Waals surface area contributed by atoms with Crippen molar-refractivity contribution < 1.29 is 9.13 Å². The Bertz CT molecular complexity index is 726. The van der Waals surface area contributed by atoms with Gasteiger partial charge in [0.2, 0.25) is 0 Å². The van der Waals surface area contributed by atoms with E-state index in [0.29, 0.717) is 6.61 Å². The van der Waals surface area contributed by atoms with E-state index in [9.17, 15) is 4.39 Å². The van der Waals surface area contributed by atoms with E-state index < -0.39 is 0 Å². The summed E-state index contributed by atoms with van der Waals surface area (Å²) in [6.07, 6.45) is 4.17. The molecule has 0 aliphatic carbocycles. The predicted molar refractivity (Wildman–Crippen MR) is 98.0 cm³/mol. The van der Waals surface area contributed by atoms with E-state index in [-0.39, 0.29) is 5.82 Å². The highest BCUT2D eigenvalue weighted by atomic mass is 79.9. The minimum Gasteiger partial charge on any atom is -0.488 e. The molecule has 0 saturated heterocycles. The number of benzene rings is 2. The fourth-order valence-electron chi connectivity index (χ4n) is 2.06. The Labute approximate surface area is 145 Å². The van der Waals surface area contributed by atoms with E-state index in [1.807, 2.05) is 18.2 Å². The summed E-state index contributed by atoms with van der Waals surface area (Å²) in [5.74, 6) is 0.576. The molecular weight excluding hydrogens is 355 g/mol. The molecular formula is C20H20BrFO. The first kappa shape index (κ1) is 17.5. The van der Waals surface area contributed by atoms with Crippen molar-refractivity contribution in [2.24, 2.45) is 0 Å². The highest BCUT2D eigenvalue weighted by molar-refractivity contribution is 9.10. The molecule has 0 unspecified atom stereocenters. The van der Waals surface area contributed by atoms with Crippen molar-refractivity contribution in [1.29, 1.82) is 0 Å². The van der Waals surface area contributed by atoms with Gasteiger partial charge in [-0.3, -0.25) is 0 Å². The topological polar surface area (TPSA) is 9.23 Å². The van der Waals surface area contributed by atoms with Crippen molar-refractivity contribution in [2.45, 2.75) is 27.4 Å². The van der Waals surface area contributed by atoms with Crippen LogP contribution in [-0.4, -0.2) is 0 Å². The molecule has 0 fully saturated rings. The Morgan fingerprint density at radius 2 is 1.74 bits per heavy atom. The Morgan fingerprint density at radius 1 is 1.04 bits per heavy atom. The average Bonchev–Trinajstić information content (AvgIpc) is 2.53. The first-order chi connectivity index (χ1) is 11.0. The van der Waals surface area contributed by atoms with E-state index in [2.05, 4.69) is 48.9 Å². The van der Waals surface area contributed by atoms with Crippen LogP contribution in [0.5, 0.6) is 5.75 Å². The maximum absolute atomic E-state index is 13.0. The van der Waals surface area contributed by atoms with Crippen LogP contribution in [0.25, 0.3) is 5.57 Å². The third-order valence-electron chi connectivity index (χ3n) is 3.34. The van der Waals surface area contributed by atoms with Crippen molar-refractivity contribution in [3.63, 3.8) is 0 Å². The molecule has 120 valence electrons. The molecule has 0 atom stereocenters. The molecule has 0 N–H and O–H groups in total. The fourth-order valence-corrected chi connectivity index (χ4v) is 2.42. The van der Waals surface area contributed by atoms with Gasteiger partial charge in [-0.05, 0) is 62.2 Å². The first-order valence-corrected chi connectivity index (χ1v) is 8.24. The van der Waals surface area contributed by atoms with Crippen LogP contribution in [0.4, 0.5) is 4.39 Å². The van der Waals surface area contributed by atoms with Crippen LogP contribution < -0.4 is 4.74 Å². The van der Waals surface area contributed by atoms with Gasteiger partial charge in [0.05, 0.1) is 0 Å². The van der Waals surface area contributed by atoms with Crippen molar-refractivity contribution >= 4 is 21.5 Å². The molecule has 0 amide bonds. The zero-order chi connectivity index (χ0) is 16.8. The summed E-state index contributed by atoms with van der Waals surface area (Å²) in [5, 5.41) is 0. The largest absolute Gasteiger partial charge is 0.488 e. The highest BCUT2D eigenvalue weighted by Crippen LogP contribution is 2.30. The van der Waals surface area contributed by atoms with Gasteiger partial charge in [-0.2, -0.15) is 0 Å². The second-order valence-electron chi connectivity index (χ2n) is 5.65. The van der Waals surface area contributed by atoms with Crippen LogP contribution in [0, 0.1) is 5.82 Å². The number of allylic oxidation sites excluding steroid dienone is 4. The van der Waals surface area contributed by atoms with Crippen LogP contribution in [0.2, 0.25) is 0 Å². The maximum atomic E-state index is 13.0. The summed E-state index contributed by atoms with van der Waals surface area (Å²) >= 11 is 3.51. The highest BCUT2D eigenvalue weighted by Gasteiger charge is 2.07. The minimum atomic E-state index is -0.237. The lowest BCUT2D eigenvalue weighted by atomic mass is 10.1. The van der Waals surface area contributed by atoms with Gasteiger partial charge in [0.25, 0.3) is 0 Å². The van der Waals surface area contributed by atoms with Crippen LogP contribution >= 0.6 is 15.9 Å². The van der Waals surface area contributed by atoms with Gasteiger partial charge in [-0.1, -0.05) is 45.8 Å². The molecule has 0 aliphatic heterocycles. The number of ether oxygens (including phenoxy) is 1. The molecule has 2 aromatic rings. The molecule has 0 saturated carbocycles. The molecule has 0 radical (unpaired) electrons. The van der Waals surface area contributed by atoms with Crippen LogP contribution in [-0.2, 0) is 6.61 Å². The smallest absolute Gasteiger partial charge is 0.127 e. The molecule has 0 aromatic heterocycles. The summed E-state index contributed by atoms with van der Waals surface area (Å²) in [6, 6.07) is 12.3. The molecule has 0 bridgehead atoms. The Balaban J connectivity index is 2.23. The monoisotopic (exact) mass is 374 g/mol. The van der Waals surface area contributed by atoms with Crippen LogP contribution in [0.3, 0.4) is 0 Å². The molecule has 1 nitrogen and oxygen atoms in total. The molecule has 23 heavy (non-hydrogen) atoms. The SMILES string of the molecule is CC(C)=C/C=C(\C)c1cc(Br)ccc1OCc1ccc(F)cc1. The lowest BCUT2D eigenvalue weighted by Gasteiger charge is -2.13. The molecule has 2 rings (SSSR count). The van der Waals surface area contributed by atoms with E-state index >= 15 is 0 Å². The standard InChI is InChI=1S/C20H20BrFO/c1-14(2)4-5-15(3)19-12-17(21)8-11-20(19)23-13-16-6-9-18(22)10-7-16/h4-12H,13H2,1-3H3/b15-5+. The average molecular weight is 375 g/mol.